The van der Waals surface area contributed by atoms with E-state index in [0.717, 1.165) is 62.9 Å². The van der Waals surface area contributed by atoms with Crippen LogP contribution in [0.4, 0.5) is 0 Å². The van der Waals surface area contributed by atoms with Gasteiger partial charge < -0.3 is 14.8 Å². The van der Waals surface area contributed by atoms with E-state index in [1.165, 1.54) is 0 Å². The number of aromatic nitrogens is 3. The zero-order valence-corrected chi connectivity index (χ0v) is 17.0. The minimum atomic E-state index is -0.00290. The molecule has 30 heavy (non-hydrogen) atoms. The first kappa shape index (κ1) is 19.1. The zero-order chi connectivity index (χ0) is 20.5. The van der Waals surface area contributed by atoms with Crippen molar-refractivity contribution in [2.24, 2.45) is 0 Å². The second kappa shape index (κ2) is 8.07. The van der Waals surface area contributed by atoms with Crippen molar-refractivity contribution < 1.29 is 4.79 Å². The summed E-state index contributed by atoms with van der Waals surface area (Å²) in [5.74, 6) is 0.0824. The van der Waals surface area contributed by atoms with E-state index in [1.807, 2.05) is 45.9 Å². The highest BCUT2D eigenvalue weighted by molar-refractivity contribution is 5.93. The highest BCUT2D eigenvalue weighted by Crippen LogP contribution is 2.28. The van der Waals surface area contributed by atoms with Gasteiger partial charge in [-0.3, -0.25) is 14.3 Å². The van der Waals surface area contributed by atoms with E-state index in [4.69, 9.17) is 0 Å². The number of pyridine rings is 1. The first-order valence-corrected chi connectivity index (χ1v) is 10.8. The van der Waals surface area contributed by atoms with Crippen LogP contribution in [-0.2, 0) is 0 Å². The Morgan fingerprint density at radius 2 is 1.67 bits per heavy atom. The van der Waals surface area contributed by atoms with Crippen molar-refractivity contribution in [1.29, 1.82) is 0 Å². The van der Waals surface area contributed by atoms with Crippen molar-refractivity contribution in [3.05, 3.63) is 64.8 Å². The first-order chi connectivity index (χ1) is 14.7. The lowest BCUT2D eigenvalue weighted by atomic mass is 9.97. The molecule has 2 fully saturated rings. The maximum absolute atomic E-state index is 12.6. The molecule has 2 saturated heterocycles. The van der Waals surface area contributed by atoms with E-state index >= 15 is 0 Å². The summed E-state index contributed by atoms with van der Waals surface area (Å²) in [6, 6.07) is 12.3. The maximum Gasteiger partial charge on any atom is 0.326 e. The average molecular weight is 406 g/mol. The summed E-state index contributed by atoms with van der Waals surface area (Å²) in [6.45, 7) is 3.58. The largest absolute Gasteiger partial charge is 0.338 e. The summed E-state index contributed by atoms with van der Waals surface area (Å²) in [6.07, 6.45) is 7.31. The number of aromatic amines is 1. The van der Waals surface area contributed by atoms with Crippen LogP contribution in [0.2, 0.25) is 0 Å². The molecule has 156 valence electrons. The molecule has 7 heteroatoms. The molecule has 0 atom stereocenters. The van der Waals surface area contributed by atoms with E-state index in [-0.39, 0.29) is 17.6 Å². The number of amides is 1. The molecule has 1 amide bonds. The molecule has 0 unspecified atom stereocenters. The van der Waals surface area contributed by atoms with Gasteiger partial charge in [-0.2, -0.15) is 0 Å². The molecule has 2 aliphatic rings. The topological polar surface area (TPSA) is 74.2 Å². The summed E-state index contributed by atoms with van der Waals surface area (Å²) in [5.41, 5.74) is 2.58. The molecule has 4 heterocycles. The number of nitrogens with zero attached hydrogens (tertiary/aromatic N) is 4. The van der Waals surface area contributed by atoms with Crippen molar-refractivity contribution in [3.8, 4) is 0 Å². The van der Waals surface area contributed by atoms with Crippen molar-refractivity contribution in [2.45, 2.75) is 37.8 Å². The van der Waals surface area contributed by atoms with Crippen LogP contribution in [0.15, 0.2) is 53.6 Å². The van der Waals surface area contributed by atoms with Crippen LogP contribution < -0.4 is 5.69 Å². The Labute approximate surface area is 175 Å². The number of benzene rings is 1. The number of hydrogen-bond donors (Lipinski definition) is 1. The molecule has 2 aromatic heterocycles. The van der Waals surface area contributed by atoms with Gasteiger partial charge in [-0.05, 0) is 49.9 Å². The van der Waals surface area contributed by atoms with E-state index < -0.39 is 0 Å². The fraction of sp³-hybridized carbons (Fsp3) is 0.435. The highest BCUT2D eigenvalue weighted by Gasteiger charge is 2.31. The number of piperidine rings is 2. The molecule has 0 bridgehead atoms. The number of imidazole rings is 1. The quantitative estimate of drug-likeness (QED) is 0.727. The first-order valence-electron chi connectivity index (χ1n) is 10.8. The summed E-state index contributed by atoms with van der Waals surface area (Å²) >= 11 is 0. The molecule has 1 N–H and O–H groups in total. The third kappa shape index (κ3) is 3.54. The molecule has 5 rings (SSSR count). The predicted molar refractivity (Wildman–Crippen MR) is 116 cm³/mol. The number of fused-ring (bicyclic) bond motifs is 1. The third-order valence-corrected chi connectivity index (χ3v) is 6.66. The lowest BCUT2D eigenvalue weighted by molar-refractivity contribution is 0.0557. The average Bonchev–Trinajstić information content (AvgIpc) is 3.15. The fourth-order valence-corrected chi connectivity index (χ4v) is 5.05. The van der Waals surface area contributed by atoms with Crippen molar-refractivity contribution >= 4 is 16.9 Å². The Morgan fingerprint density at radius 3 is 2.40 bits per heavy atom. The van der Waals surface area contributed by atoms with Gasteiger partial charge in [0.25, 0.3) is 5.91 Å². The van der Waals surface area contributed by atoms with Gasteiger partial charge in [-0.15, -0.1) is 0 Å². The molecule has 0 radical (unpaired) electrons. The molecule has 0 saturated carbocycles. The van der Waals surface area contributed by atoms with E-state index in [1.54, 1.807) is 12.4 Å². The third-order valence-electron chi connectivity index (χ3n) is 6.66. The zero-order valence-electron chi connectivity index (χ0n) is 17.0. The molecule has 3 aromatic rings. The van der Waals surface area contributed by atoms with E-state index in [9.17, 15) is 9.59 Å². The fourth-order valence-electron chi connectivity index (χ4n) is 5.05. The summed E-state index contributed by atoms with van der Waals surface area (Å²) in [7, 11) is 0. The van der Waals surface area contributed by atoms with Gasteiger partial charge in [-0.1, -0.05) is 12.1 Å². The van der Waals surface area contributed by atoms with Crippen LogP contribution >= 0.6 is 0 Å². The number of nitrogens with one attached hydrogen (secondary N) is 1. The van der Waals surface area contributed by atoms with Gasteiger partial charge in [0.2, 0.25) is 0 Å². The van der Waals surface area contributed by atoms with Gasteiger partial charge in [0.05, 0.1) is 16.6 Å². The molecule has 1 aromatic carbocycles. The Morgan fingerprint density at radius 1 is 0.933 bits per heavy atom. The standard InChI is InChI=1S/C23H27N5O2/c29-22(17-4-3-11-24-16-17)27-14-7-18(8-15-27)26-12-9-19(10-13-26)28-21-6-2-1-5-20(21)25-23(28)30/h1-6,11,16,18-19H,7-10,12-15H2,(H,25,30). The summed E-state index contributed by atoms with van der Waals surface area (Å²) in [5, 5.41) is 0. The van der Waals surface area contributed by atoms with Crippen LogP contribution in [0, 0.1) is 0 Å². The van der Waals surface area contributed by atoms with Crippen LogP contribution in [-0.4, -0.2) is 62.5 Å². The monoisotopic (exact) mass is 405 g/mol. The predicted octanol–water partition coefficient (Wildman–Crippen LogP) is 2.67. The lowest BCUT2D eigenvalue weighted by Crippen LogP contribution is -2.49. The Kier molecular flexibility index (Phi) is 5.12. The Balaban J connectivity index is 1.18. The SMILES string of the molecule is O=C(c1cccnc1)N1CCC(N2CCC(n3c(=O)[nH]c4ccccc43)CC2)CC1. The van der Waals surface area contributed by atoms with Crippen molar-refractivity contribution in [1.82, 2.24) is 24.3 Å². The van der Waals surface area contributed by atoms with Gasteiger partial charge in [0, 0.05) is 50.7 Å². The number of carbonyl (C=O) groups is 1. The van der Waals surface area contributed by atoms with Crippen LogP contribution in [0.5, 0.6) is 0 Å². The number of likely N-dealkylation sites (tertiary alicyclic amines) is 2. The molecular weight excluding hydrogens is 378 g/mol. The van der Waals surface area contributed by atoms with Gasteiger partial charge in [0.1, 0.15) is 0 Å². The number of para-hydroxylation sites is 2. The molecule has 0 aliphatic carbocycles. The highest BCUT2D eigenvalue weighted by atomic mass is 16.2. The molecule has 2 aliphatic heterocycles. The number of hydrogen-bond acceptors (Lipinski definition) is 4. The van der Waals surface area contributed by atoms with Gasteiger partial charge in [-0.25, -0.2) is 4.79 Å². The second-order valence-electron chi connectivity index (χ2n) is 8.35. The van der Waals surface area contributed by atoms with Crippen LogP contribution in [0.1, 0.15) is 42.1 Å². The van der Waals surface area contributed by atoms with Crippen LogP contribution in [0.3, 0.4) is 0 Å². The maximum atomic E-state index is 12.6. The molecule has 0 spiro atoms. The summed E-state index contributed by atoms with van der Waals surface area (Å²) in [4.78, 5) is 36.7. The minimum absolute atomic E-state index is 0.00290. The number of rotatable bonds is 3. The van der Waals surface area contributed by atoms with Gasteiger partial charge >= 0.3 is 5.69 Å². The summed E-state index contributed by atoms with van der Waals surface area (Å²) < 4.78 is 1.95. The number of H-pyrrole nitrogens is 1. The van der Waals surface area contributed by atoms with E-state index in [0.29, 0.717) is 11.6 Å². The number of carbonyl (C=O) groups excluding carboxylic acids is 1. The van der Waals surface area contributed by atoms with Crippen molar-refractivity contribution in [3.63, 3.8) is 0 Å². The lowest BCUT2D eigenvalue weighted by Gasteiger charge is -2.42. The molecular formula is C23H27N5O2. The Hall–Kier alpha value is -2.93. The second-order valence-corrected chi connectivity index (χ2v) is 8.35. The van der Waals surface area contributed by atoms with Crippen LogP contribution in [0.25, 0.3) is 11.0 Å². The van der Waals surface area contributed by atoms with E-state index in [2.05, 4.69) is 14.9 Å². The van der Waals surface area contributed by atoms with Gasteiger partial charge in [0.15, 0.2) is 0 Å². The minimum Gasteiger partial charge on any atom is -0.338 e. The normalized spacial score (nSPS) is 19.4. The van der Waals surface area contributed by atoms with Crippen molar-refractivity contribution in [2.75, 3.05) is 26.2 Å². The Bertz CT molecular complexity index is 1070. The molecule has 7 nitrogen and oxygen atoms in total. The smallest absolute Gasteiger partial charge is 0.326 e.